The van der Waals surface area contributed by atoms with Crippen molar-refractivity contribution in [3.8, 4) is 0 Å². The van der Waals surface area contributed by atoms with Crippen LogP contribution in [0, 0.1) is 5.92 Å². The second-order valence-corrected chi connectivity index (χ2v) is 6.32. The molecule has 112 valence electrons. The maximum atomic E-state index is 5.96. The first-order valence-corrected chi connectivity index (χ1v) is 7.89. The molecule has 0 radical (unpaired) electrons. The highest BCUT2D eigenvalue weighted by molar-refractivity contribution is 6.30. The monoisotopic (exact) mass is 304 g/mol. The molecule has 1 fully saturated rings. The molecule has 1 aromatic heterocycles. The highest BCUT2D eigenvalue weighted by Crippen LogP contribution is 2.21. The third-order valence-electron chi connectivity index (χ3n) is 3.99. The Bertz CT molecular complexity index is 574. The molecule has 5 heteroatoms. The van der Waals surface area contributed by atoms with E-state index in [1.54, 1.807) is 6.33 Å². The van der Waals surface area contributed by atoms with Gasteiger partial charge in [-0.15, -0.1) is 0 Å². The fourth-order valence-corrected chi connectivity index (χ4v) is 2.68. The molecule has 4 nitrogen and oxygen atoms in total. The van der Waals surface area contributed by atoms with Crippen molar-refractivity contribution >= 4 is 11.6 Å². The zero-order valence-corrected chi connectivity index (χ0v) is 13.1. The zero-order chi connectivity index (χ0) is 14.7. The van der Waals surface area contributed by atoms with Crippen LogP contribution in [0.3, 0.4) is 0 Å². The first kappa shape index (κ1) is 14.5. The number of nitrogens with zero attached hydrogens (tertiary/aromatic N) is 3. The van der Waals surface area contributed by atoms with Crippen molar-refractivity contribution < 1.29 is 0 Å². The maximum absolute atomic E-state index is 5.96. The summed E-state index contributed by atoms with van der Waals surface area (Å²) in [6.45, 7) is 1.03. The van der Waals surface area contributed by atoms with Crippen molar-refractivity contribution in [2.75, 3.05) is 6.54 Å². The smallest absolute Gasteiger partial charge is 0.138 e. The van der Waals surface area contributed by atoms with Gasteiger partial charge in [0.2, 0.25) is 0 Å². The number of hydrogen-bond donors (Lipinski definition) is 1. The normalized spacial score (nSPS) is 16.1. The minimum absolute atomic E-state index is 0.523. The van der Waals surface area contributed by atoms with E-state index in [0.717, 1.165) is 36.3 Å². The fraction of sp³-hybridized carbons (Fsp3) is 0.500. The molecule has 0 bridgehead atoms. The topological polar surface area (TPSA) is 42.7 Å². The number of aromatic nitrogens is 3. The number of aryl methyl sites for hydroxylation is 1. The molecule has 21 heavy (non-hydrogen) atoms. The largest absolute Gasteiger partial charge is 0.314 e. The molecule has 0 saturated heterocycles. The van der Waals surface area contributed by atoms with Crippen LogP contribution in [0.2, 0.25) is 5.02 Å². The molecule has 1 aromatic carbocycles. The molecule has 2 aromatic rings. The Balaban J connectivity index is 1.65. The molecule has 1 atom stereocenters. The third-order valence-corrected chi connectivity index (χ3v) is 4.24. The molecular weight excluding hydrogens is 284 g/mol. The van der Waals surface area contributed by atoms with Crippen LogP contribution in [-0.2, 0) is 19.9 Å². The zero-order valence-electron chi connectivity index (χ0n) is 12.3. The van der Waals surface area contributed by atoms with E-state index in [4.69, 9.17) is 11.6 Å². The van der Waals surface area contributed by atoms with E-state index in [9.17, 15) is 0 Å². The van der Waals surface area contributed by atoms with Crippen molar-refractivity contribution in [3.63, 3.8) is 0 Å². The van der Waals surface area contributed by atoms with Gasteiger partial charge in [0.15, 0.2) is 0 Å². The van der Waals surface area contributed by atoms with Crippen LogP contribution in [0.4, 0.5) is 0 Å². The summed E-state index contributed by atoms with van der Waals surface area (Å²) in [4.78, 5) is 4.36. The SMILES string of the molecule is Cn1ncnc1CC(CNC1CC1)Cc1ccc(Cl)cc1. The van der Waals surface area contributed by atoms with Crippen molar-refractivity contribution in [1.82, 2.24) is 20.1 Å². The first-order chi connectivity index (χ1) is 10.2. The molecular formula is C16H21ClN4. The van der Waals surface area contributed by atoms with Gasteiger partial charge in [-0.3, -0.25) is 4.68 Å². The van der Waals surface area contributed by atoms with Gasteiger partial charge in [-0.1, -0.05) is 23.7 Å². The van der Waals surface area contributed by atoms with Gasteiger partial charge >= 0.3 is 0 Å². The van der Waals surface area contributed by atoms with Crippen LogP contribution >= 0.6 is 11.6 Å². The van der Waals surface area contributed by atoms with Gasteiger partial charge in [-0.2, -0.15) is 5.10 Å². The number of hydrogen-bond acceptors (Lipinski definition) is 3. The average Bonchev–Trinajstić information content (AvgIpc) is 3.22. The average molecular weight is 305 g/mol. The van der Waals surface area contributed by atoms with Gasteiger partial charge in [0.05, 0.1) is 0 Å². The third kappa shape index (κ3) is 4.29. The van der Waals surface area contributed by atoms with Crippen molar-refractivity contribution in [2.45, 2.75) is 31.7 Å². The summed E-state index contributed by atoms with van der Waals surface area (Å²) in [6, 6.07) is 8.89. The summed E-state index contributed by atoms with van der Waals surface area (Å²) >= 11 is 5.96. The lowest BCUT2D eigenvalue weighted by molar-refractivity contribution is 0.451. The Labute approximate surface area is 130 Å². The molecule has 0 aliphatic heterocycles. The predicted octanol–water partition coefficient (Wildman–Crippen LogP) is 2.62. The van der Waals surface area contributed by atoms with Gasteiger partial charge in [-0.05, 0) is 49.4 Å². The highest BCUT2D eigenvalue weighted by atomic mass is 35.5. The van der Waals surface area contributed by atoms with E-state index in [0.29, 0.717) is 5.92 Å². The molecule has 1 heterocycles. The summed E-state index contributed by atoms with van der Waals surface area (Å²) in [7, 11) is 1.95. The maximum Gasteiger partial charge on any atom is 0.138 e. The number of halogens is 1. The standard InChI is InChI=1S/C16H21ClN4/c1-21-16(19-11-20-21)9-13(10-18-15-6-7-15)8-12-2-4-14(17)5-3-12/h2-5,11,13,15,18H,6-10H2,1H3. The molecule has 1 aliphatic rings. The van der Waals surface area contributed by atoms with Gasteiger partial charge in [0.25, 0.3) is 0 Å². The quantitative estimate of drug-likeness (QED) is 0.855. The Morgan fingerprint density at radius 1 is 1.29 bits per heavy atom. The molecule has 1 N–H and O–H groups in total. The summed E-state index contributed by atoms with van der Waals surface area (Å²) in [5, 5.41) is 8.59. The lowest BCUT2D eigenvalue weighted by atomic mass is 9.95. The van der Waals surface area contributed by atoms with E-state index in [1.807, 2.05) is 23.9 Å². The van der Waals surface area contributed by atoms with E-state index < -0.39 is 0 Å². The Morgan fingerprint density at radius 3 is 2.67 bits per heavy atom. The van der Waals surface area contributed by atoms with Gasteiger partial charge < -0.3 is 5.32 Å². The Hall–Kier alpha value is -1.39. The first-order valence-electron chi connectivity index (χ1n) is 7.51. The van der Waals surface area contributed by atoms with Crippen LogP contribution in [0.25, 0.3) is 0 Å². The van der Waals surface area contributed by atoms with E-state index in [1.165, 1.54) is 18.4 Å². The van der Waals surface area contributed by atoms with Crippen molar-refractivity contribution in [2.24, 2.45) is 13.0 Å². The van der Waals surface area contributed by atoms with E-state index in [-0.39, 0.29) is 0 Å². The predicted molar refractivity (Wildman–Crippen MR) is 84.4 cm³/mol. The number of nitrogens with one attached hydrogen (secondary N) is 1. The lowest BCUT2D eigenvalue weighted by Crippen LogP contribution is -2.28. The second-order valence-electron chi connectivity index (χ2n) is 5.88. The molecule has 3 rings (SSSR count). The van der Waals surface area contributed by atoms with Crippen molar-refractivity contribution in [1.29, 1.82) is 0 Å². The summed E-state index contributed by atoms with van der Waals surface area (Å²) < 4.78 is 1.87. The van der Waals surface area contributed by atoms with Crippen LogP contribution in [-0.4, -0.2) is 27.4 Å². The highest BCUT2D eigenvalue weighted by Gasteiger charge is 2.22. The van der Waals surface area contributed by atoms with Crippen LogP contribution in [0.15, 0.2) is 30.6 Å². The Morgan fingerprint density at radius 2 is 2.05 bits per heavy atom. The van der Waals surface area contributed by atoms with Crippen molar-refractivity contribution in [3.05, 3.63) is 47.0 Å². The van der Waals surface area contributed by atoms with Crippen LogP contribution in [0.5, 0.6) is 0 Å². The number of benzene rings is 1. The van der Waals surface area contributed by atoms with E-state index in [2.05, 4.69) is 27.5 Å². The summed E-state index contributed by atoms with van der Waals surface area (Å²) in [5.41, 5.74) is 1.32. The van der Waals surface area contributed by atoms with Gasteiger partial charge in [0, 0.05) is 24.5 Å². The Kier molecular flexibility index (Phi) is 4.56. The summed E-state index contributed by atoms with van der Waals surface area (Å²) in [6.07, 6.45) is 6.24. The van der Waals surface area contributed by atoms with Crippen LogP contribution in [0.1, 0.15) is 24.2 Å². The van der Waals surface area contributed by atoms with E-state index >= 15 is 0 Å². The minimum atomic E-state index is 0.523. The van der Waals surface area contributed by atoms with Gasteiger partial charge in [-0.25, -0.2) is 4.98 Å². The van der Waals surface area contributed by atoms with Crippen LogP contribution < -0.4 is 5.32 Å². The fourth-order valence-electron chi connectivity index (χ4n) is 2.55. The second kappa shape index (κ2) is 6.58. The molecule has 1 saturated carbocycles. The lowest BCUT2D eigenvalue weighted by Gasteiger charge is -2.17. The minimum Gasteiger partial charge on any atom is -0.314 e. The summed E-state index contributed by atoms with van der Waals surface area (Å²) in [5.74, 6) is 1.57. The molecule has 1 unspecified atom stereocenters. The number of rotatable bonds is 7. The molecule has 0 spiro atoms. The molecule has 1 aliphatic carbocycles. The van der Waals surface area contributed by atoms with Gasteiger partial charge in [0.1, 0.15) is 12.2 Å². The molecule has 0 amide bonds.